The van der Waals surface area contributed by atoms with Gasteiger partial charge in [-0.15, -0.1) is 0 Å². The average molecular weight is 306 g/mol. The maximum atomic E-state index is 13.0. The number of ether oxygens (including phenoxy) is 1. The third-order valence-electron chi connectivity index (χ3n) is 2.74. The molecule has 0 aliphatic heterocycles. The van der Waals surface area contributed by atoms with E-state index in [1.165, 1.54) is 7.11 Å². The second-order valence-corrected chi connectivity index (χ2v) is 4.24. The number of nitrogens with one attached hydrogen (secondary N) is 2. The van der Waals surface area contributed by atoms with Crippen molar-refractivity contribution in [3.05, 3.63) is 54.1 Å². The highest BCUT2D eigenvalue weighted by atomic mass is 19.2. The van der Waals surface area contributed by atoms with Gasteiger partial charge in [-0.2, -0.15) is 0 Å². The molecule has 2 aromatic carbocycles. The summed E-state index contributed by atoms with van der Waals surface area (Å²) in [5.74, 6) is -3.76. The number of benzene rings is 2. The van der Waals surface area contributed by atoms with E-state index in [-0.39, 0.29) is 5.69 Å². The van der Waals surface area contributed by atoms with E-state index in [4.69, 9.17) is 4.74 Å². The zero-order valence-corrected chi connectivity index (χ0v) is 11.5. The lowest BCUT2D eigenvalue weighted by atomic mass is 10.2. The van der Waals surface area contributed by atoms with Gasteiger partial charge in [-0.05, 0) is 24.3 Å². The van der Waals surface area contributed by atoms with Crippen molar-refractivity contribution >= 4 is 23.2 Å². The highest BCUT2D eigenvalue weighted by Crippen LogP contribution is 2.23. The van der Waals surface area contributed by atoms with Crippen LogP contribution in [0, 0.1) is 11.6 Å². The second kappa shape index (κ2) is 6.66. The van der Waals surface area contributed by atoms with Crippen LogP contribution < -0.4 is 15.4 Å². The molecule has 0 aliphatic rings. The van der Waals surface area contributed by atoms with Gasteiger partial charge in [0.25, 0.3) is 0 Å². The number of hydrogen-bond donors (Lipinski definition) is 2. The van der Waals surface area contributed by atoms with Gasteiger partial charge in [0, 0.05) is 11.8 Å². The van der Waals surface area contributed by atoms with E-state index in [0.29, 0.717) is 11.4 Å². The van der Waals surface area contributed by atoms with Crippen molar-refractivity contribution in [1.29, 1.82) is 0 Å². The molecule has 0 radical (unpaired) electrons. The fraction of sp³-hybridized carbons (Fsp3) is 0.0667. The van der Waals surface area contributed by atoms with Gasteiger partial charge in [0.1, 0.15) is 5.75 Å². The molecule has 22 heavy (non-hydrogen) atoms. The Hall–Kier alpha value is -2.96. The quantitative estimate of drug-likeness (QED) is 0.856. The van der Waals surface area contributed by atoms with Gasteiger partial charge in [-0.3, -0.25) is 9.59 Å². The van der Waals surface area contributed by atoms with Crippen LogP contribution in [0.25, 0.3) is 0 Å². The predicted molar refractivity (Wildman–Crippen MR) is 76.6 cm³/mol. The Balaban J connectivity index is 2.06. The molecule has 2 aromatic rings. The molecule has 2 N–H and O–H groups in total. The Labute approximate surface area is 124 Å². The number of hydrogen-bond acceptors (Lipinski definition) is 3. The standard InChI is InChI=1S/C15H12F2N2O3/c1-22-13-5-3-2-4-12(13)19-15(21)14(20)18-9-6-7-10(16)11(17)8-9/h2-8H,1H3,(H,18,20)(H,19,21). The minimum absolute atomic E-state index is 0.0286. The Kier molecular flexibility index (Phi) is 4.67. The summed E-state index contributed by atoms with van der Waals surface area (Å²) in [4.78, 5) is 23.5. The summed E-state index contributed by atoms with van der Waals surface area (Å²) in [6.45, 7) is 0. The minimum atomic E-state index is -1.12. The van der Waals surface area contributed by atoms with Crippen molar-refractivity contribution in [2.75, 3.05) is 17.7 Å². The van der Waals surface area contributed by atoms with Crippen molar-refractivity contribution in [2.45, 2.75) is 0 Å². The number of carbonyl (C=O) groups is 2. The zero-order valence-electron chi connectivity index (χ0n) is 11.5. The number of para-hydroxylation sites is 2. The van der Waals surface area contributed by atoms with Crippen molar-refractivity contribution in [3.63, 3.8) is 0 Å². The van der Waals surface area contributed by atoms with Crippen LogP contribution in [-0.2, 0) is 9.59 Å². The summed E-state index contributed by atoms with van der Waals surface area (Å²) < 4.78 is 30.9. The van der Waals surface area contributed by atoms with Crippen LogP contribution >= 0.6 is 0 Å². The van der Waals surface area contributed by atoms with Gasteiger partial charge in [0.15, 0.2) is 11.6 Å². The molecule has 7 heteroatoms. The van der Waals surface area contributed by atoms with Crippen LogP contribution in [-0.4, -0.2) is 18.9 Å². The molecule has 0 saturated heterocycles. The maximum Gasteiger partial charge on any atom is 0.314 e. The fourth-order valence-corrected chi connectivity index (χ4v) is 1.69. The van der Waals surface area contributed by atoms with Crippen LogP contribution in [0.15, 0.2) is 42.5 Å². The smallest absolute Gasteiger partial charge is 0.314 e. The molecule has 0 atom stereocenters. The van der Waals surface area contributed by atoms with E-state index in [0.717, 1.165) is 18.2 Å². The van der Waals surface area contributed by atoms with Crippen molar-refractivity contribution < 1.29 is 23.1 Å². The van der Waals surface area contributed by atoms with Gasteiger partial charge < -0.3 is 15.4 Å². The highest BCUT2D eigenvalue weighted by Gasteiger charge is 2.16. The second-order valence-electron chi connectivity index (χ2n) is 4.24. The van der Waals surface area contributed by atoms with Gasteiger partial charge in [0.05, 0.1) is 12.8 Å². The van der Waals surface area contributed by atoms with Crippen LogP contribution in [0.5, 0.6) is 5.75 Å². The van der Waals surface area contributed by atoms with E-state index in [2.05, 4.69) is 10.6 Å². The molecule has 0 bridgehead atoms. The average Bonchev–Trinajstić information content (AvgIpc) is 2.51. The van der Waals surface area contributed by atoms with E-state index in [1.807, 2.05) is 0 Å². The van der Waals surface area contributed by atoms with Gasteiger partial charge >= 0.3 is 11.8 Å². The summed E-state index contributed by atoms with van der Waals surface area (Å²) >= 11 is 0. The first-order valence-corrected chi connectivity index (χ1v) is 6.21. The molecular formula is C15H12F2N2O3. The minimum Gasteiger partial charge on any atom is -0.495 e. The predicted octanol–water partition coefficient (Wildman–Crippen LogP) is 2.55. The number of anilines is 2. The molecule has 0 saturated carbocycles. The van der Waals surface area contributed by atoms with Crippen LogP contribution in [0.2, 0.25) is 0 Å². The number of halogens is 2. The molecule has 0 unspecified atom stereocenters. The van der Waals surface area contributed by atoms with E-state index >= 15 is 0 Å². The molecule has 2 rings (SSSR count). The molecule has 0 aliphatic carbocycles. The van der Waals surface area contributed by atoms with Gasteiger partial charge in [-0.1, -0.05) is 12.1 Å². The fourth-order valence-electron chi connectivity index (χ4n) is 1.69. The molecule has 2 amide bonds. The van der Waals surface area contributed by atoms with Crippen LogP contribution in [0.3, 0.4) is 0 Å². The molecule has 0 spiro atoms. The van der Waals surface area contributed by atoms with Crippen molar-refractivity contribution in [3.8, 4) is 5.75 Å². The summed E-state index contributed by atoms with van der Waals surface area (Å²) in [6.07, 6.45) is 0. The van der Waals surface area contributed by atoms with E-state index < -0.39 is 23.4 Å². The van der Waals surface area contributed by atoms with Crippen molar-refractivity contribution in [2.24, 2.45) is 0 Å². The first kappa shape index (κ1) is 15.4. The Morgan fingerprint density at radius 3 is 2.32 bits per heavy atom. The van der Waals surface area contributed by atoms with Crippen LogP contribution in [0.1, 0.15) is 0 Å². The Morgan fingerprint density at radius 1 is 0.955 bits per heavy atom. The van der Waals surface area contributed by atoms with E-state index in [1.54, 1.807) is 24.3 Å². The summed E-state index contributed by atoms with van der Waals surface area (Å²) in [7, 11) is 1.42. The molecular weight excluding hydrogens is 294 g/mol. The summed E-state index contributed by atoms with van der Waals surface area (Å²) in [5, 5.41) is 4.53. The monoisotopic (exact) mass is 306 g/mol. The maximum absolute atomic E-state index is 13.0. The number of methoxy groups -OCH3 is 1. The number of carbonyl (C=O) groups excluding carboxylic acids is 2. The molecule has 0 aromatic heterocycles. The molecule has 5 nitrogen and oxygen atoms in total. The van der Waals surface area contributed by atoms with Crippen molar-refractivity contribution in [1.82, 2.24) is 0 Å². The lowest BCUT2D eigenvalue weighted by Crippen LogP contribution is -2.29. The highest BCUT2D eigenvalue weighted by molar-refractivity contribution is 6.43. The molecule has 0 heterocycles. The third kappa shape index (κ3) is 3.57. The molecule has 0 fully saturated rings. The Bertz CT molecular complexity index is 720. The topological polar surface area (TPSA) is 67.4 Å². The lowest BCUT2D eigenvalue weighted by Gasteiger charge is -2.10. The lowest BCUT2D eigenvalue weighted by molar-refractivity contribution is -0.133. The van der Waals surface area contributed by atoms with Gasteiger partial charge in [-0.25, -0.2) is 8.78 Å². The summed E-state index contributed by atoms with van der Waals surface area (Å²) in [5.41, 5.74) is 0.287. The van der Waals surface area contributed by atoms with Crippen LogP contribution in [0.4, 0.5) is 20.2 Å². The summed E-state index contributed by atoms with van der Waals surface area (Å²) in [6, 6.07) is 9.31. The first-order chi connectivity index (χ1) is 10.5. The normalized spacial score (nSPS) is 9.95. The largest absolute Gasteiger partial charge is 0.495 e. The van der Waals surface area contributed by atoms with E-state index in [9.17, 15) is 18.4 Å². The first-order valence-electron chi connectivity index (χ1n) is 6.21. The number of amides is 2. The zero-order chi connectivity index (χ0) is 16.1. The van der Waals surface area contributed by atoms with Gasteiger partial charge in [0.2, 0.25) is 0 Å². The SMILES string of the molecule is COc1ccccc1NC(=O)C(=O)Nc1ccc(F)c(F)c1. The number of rotatable bonds is 3. The molecule has 114 valence electrons. The Morgan fingerprint density at radius 2 is 1.64 bits per heavy atom. The third-order valence-corrected chi connectivity index (χ3v) is 2.74.